The van der Waals surface area contributed by atoms with Crippen molar-refractivity contribution in [1.82, 2.24) is 29.9 Å². The van der Waals surface area contributed by atoms with Gasteiger partial charge in [-0.1, -0.05) is 208 Å². The van der Waals surface area contributed by atoms with Crippen LogP contribution in [-0.2, 0) is 21.7 Å². The largest absolute Gasteiger partial charge is 1.00 e. The number of fused-ring (bicyclic) bond motifs is 8. The van der Waals surface area contributed by atoms with Crippen LogP contribution in [0.4, 0.5) is 63.3 Å². The number of hydrogen-bond acceptors (Lipinski definition) is 11. The average Bonchev–Trinajstić information content (AvgIpc) is 2.80. The summed E-state index contributed by atoms with van der Waals surface area (Å²) in [5.41, 5.74) is 18.3. The van der Waals surface area contributed by atoms with Crippen LogP contribution >= 0.6 is 34.8 Å². The molecule has 0 unspecified atom stereocenters. The predicted molar refractivity (Wildman–Crippen MR) is 332 cm³/mol. The van der Waals surface area contributed by atoms with Gasteiger partial charge in [0.05, 0.1) is 34.1 Å². The molecule has 0 atom stereocenters. The Labute approximate surface area is 518 Å². The predicted octanol–water partition coefficient (Wildman–Crippen LogP) is 15.6. The summed E-state index contributed by atoms with van der Waals surface area (Å²) in [5.74, 6) is 1.68. The number of anilines is 11. The Morgan fingerprint density at radius 3 is 0.707 bits per heavy atom. The van der Waals surface area contributed by atoms with Crippen molar-refractivity contribution in [1.29, 1.82) is 0 Å². The first-order valence-electron chi connectivity index (χ1n) is 26.4. The first-order valence-corrected chi connectivity index (χ1v) is 27.5. The van der Waals surface area contributed by atoms with Gasteiger partial charge in [-0.2, -0.15) is 29.9 Å². The van der Waals surface area contributed by atoms with Gasteiger partial charge in [-0.05, 0) is 128 Å². The molecule has 0 spiro atoms. The second kappa shape index (κ2) is 22.9. The maximum absolute atomic E-state index is 5.51. The zero-order chi connectivity index (χ0) is 55.0. The van der Waals surface area contributed by atoms with E-state index >= 15 is 0 Å². The number of nitrogens with one attached hydrogen (secondary N) is 1. The van der Waals surface area contributed by atoms with Crippen molar-refractivity contribution in [3.63, 3.8) is 0 Å². The molecule has 14 rings (SSSR count). The third-order valence-corrected chi connectivity index (χ3v) is 16.6. The van der Waals surface area contributed by atoms with Gasteiger partial charge in [-0.15, -0.1) is 0 Å². The minimum absolute atomic E-state index is 0. The van der Waals surface area contributed by atoms with Gasteiger partial charge in [-0.3, -0.25) is 14.7 Å². The van der Waals surface area contributed by atoms with Gasteiger partial charge in [0.15, 0.2) is 0 Å². The maximum Gasteiger partial charge on any atom is 1.00 e. The SMILES string of the molecule is C.CC1(C)c2ccccc2N(c2nc(N3c4ccccc4C(C)(C)c4ccccc43)nc(N3c4ccccc4C(C)(C)c4ccccc43)n2)c2ccccc21.CC1(C)c2ccccc2Nc2ccccc21.Clc1nc(Cl)nc(Cl)n1.[Na+].[OH-]. The first kappa shape index (κ1) is 59.4. The zero-order valence-electron chi connectivity index (χ0n) is 46.6. The average molecular weight is 1150 g/mol. The molecule has 6 heterocycles. The van der Waals surface area contributed by atoms with Gasteiger partial charge in [0.25, 0.3) is 0 Å². The maximum atomic E-state index is 5.51. The van der Waals surface area contributed by atoms with Crippen molar-refractivity contribution in [3.05, 3.63) is 254 Å². The van der Waals surface area contributed by atoms with Gasteiger partial charge < -0.3 is 10.8 Å². The van der Waals surface area contributed by atoms with E-state index in [0.29, 0.717) is 17.8 Å². The molecule has 0 amide bonds. The van der Waals surface area contributed by atoms with Crippen molar-refractivity contribution in [2.75, 3.05) is 20.0 Å². The molecule has 0 aliphatic carbocycles. The summed E-state index contributed by atoms with van der Waals surface area (Å²) in [6.45, 7) is 18.4. The molecule has 82 heavy (non-hydrogen) atoms. The molecule has 10 aromatic rings. The minimum Gasteiger partial charge on any atom is -0.870 e. The van der Waals surface area contributed by atoms with E-state index in [4.69, 9.17) is 49.8 Å². The summed E-state index contributed by atoms with van der Waals surface area (Å²) in [6.07, 6.45) is 0. The Bertz CT molecular complexity index is 3470. The molecular weight excluding hydrogens is 1090 g/mol. The van der Waals surface area contributed by atoms with Crippen LogP contribution in [0, 0.1) is 0 Å². The molecule has 0 saturated heterocycles. The normalized spacial score (nSPS) is 15.1. The first-order chi connectivity index (χ1) is 38.0. The van der Waals surface area contributed by atoms with Gasteiger partial charge in [-0.25, -0.2) is 0 Å². The van der Waals surface area contributed by atoms with E-state index in [1.54, 1.807) is 0 Å². The number of nitrogens with zero attached hydrogens (tertiary/aromatic N) is 9. The van der Waals surface area contributed by atoms with Gasteiger partial charge in [0.1, 0.15) is 0 Å². The number of hydrogen-bond donors (Lipinski definition) is 1. The molecular formula is C67H62Cl3N10NaO. The van der Waals surface area contributed by atoms with Crippen LogP contribution in [0.15, 0.2) is 194 Å². The Hall–Kier alpha value is -7.19. The van der Waals surface area contributed by atoms with Gasteiger partial charge in [0, 0.05) is 33.0 Å². The van der Waals surface area contributed by atoms with Crippen LogP contribution < -0.4 is 49.6 Å². The Morgan fingerprint density at radius 2 is 0.476 bits per heavy atom. The van der Waals surface area contributed by atoms with E-state index in [2.05, 4.69) is 284 Å². The molecule has 0 fully saturated rings. The summed E-state index contributed by atoms with van der Waals surface area (Å²) in [6, 6.07) is 69.1. The van der Waals surface area contributed by atoms with E-state index in [9.17, 15) is 0 Å². The summed E-state index contributed by atoms with van der Waals surface area (Å²) in [5, 5.41) is 3.50. The molecule has 8 aromatic carbocycles. The van der Waals surface area contributed by atoms with Crippen LogP contribution in [0.5, 0.6) is 0 Å². The number of para-hydroxylation sites is 8. The topological polar surface area (TPSA) is 129 Å². The Kier molecular flexibility index (Phi) is 16.6. The Morgan fingerprint density at radius 1 is 0.293 bits per heavy atom. The summed E-state index contributed by atoms with van der Waals surface area (Å²) >= 11 is 16.0. The van der Waals surface area contributed by atoms with Crippen molar-refractivity contribution in [2.24, 2.45) is 0 Å². The van der Waals surface area contributed by atoms with E-state index in [1.807, 2.05) is 0 Å². The van der Waals surface area contributed by atoms with E-state index < -0.39 is 0 Å². The molecule has 2 N–H and O–H groups in total. The van der Waals surface area contributed by atoms with Crippen LogP contribution in [0.25, 0.3) is 0 Å². The van der Waals surface area contributed by atoms with E-state index in [0.717, 1.165) is 34.1 Å². The molecule has 408 valence electrons. The standard InChI is InChI=1S/C48H42N6.C15H15N.C3Cl3N3.CH4.Na.H2O/c1-46(2)31-19-7-13-25-37(31)52(38-26-14-8-20-32(38)46)43-49-44(53-39-27-15-9-21-33(39)47(3,4)34-22-10-16-28-40(34)53)51-45(50-43)54-41-29-17-11-23-35(41)48(5,6)36-24-12-18-30-42(36)54;1-15(2)11-7-3-5-9-13(11)16-14-10-6-4-8-12(14)15;4-1-7-2(5)9-3(6)8-1;;;/h7-30H,1-6H3;3-10,16H,1-2H3;;1H4;;1H2/q;;;;+1;/p-1. The number of rotatable bonds is 3. The Balaban J connectivity index is 0.000000238. The van der Waals surface area contributed by atoms with Gasteiger partial charge in [0.2, 0.25) is 33.7 Å². The minimum atomic E-state index is -0.227. The van der Waals surface area contributed by atoms with Crippen molar-refractivity contribution < 1.29 is 35.0 Å². The number of halogens is 3. The summed E-state index contributed by atoms with van der Waals surface area (Å²) < 4.78 is 0. The van der Waals surface area contributed by atoms with Crippen molar-refractivity contribution in [2.45, 2.75) is 84.5 Å². The van der Waals surface area contributed by atoms with E-state index in [1.165, 1.54) is 55.9 Å². The van der Waals surface area contributed by atoms with Crippen LogP contribution in [0.3, 0.4) is 0 Å². The fourth-order valence-corrected chi connectivity index (χ4v) is 12.8. The molecule has 4 aliphatic heterocycles. The number of benzene rings is 8. The fraction of sp³-hybridized carbons (Fsp3) is 0.194. The summed E-state index contributed by atoms with van der Waals surface area (Å²) in [4.78, 5) is 33.6. The molecule has 0 bridgehead atoms. The zero-order valence-corrected chi connectivity index (χ0v) is 50.8. The van der Waals surface area contributed by atoms with Crippen LogP contribution in [0.1, 0.15) is 107 Å². The van der Waals surface area contributed by atoms with Crippen LogP contribution in [-0.4, -0.2) is 35.4 Å². The monoisotopic (exact) mass is 1150 g/mol. The fourth-order valence-electron chi connectivity index (χ4n) is 12.2. The quantitative estimate of drug-likeness (QED) is 0.170. The molecule has 0 radical (unpaired) electrons. The molecule has 11 nitrogen and oxygen atoms in total. The second-order valence-corrected chi connectivity index (χ2v) is 23.2. The molecule has 15 heteroatoms. The van der Waals surface area contributed by atoms with Crippen LogP contribution in [0.2, 0.25) is 15.9 Å². The summed E-state index contributed by atoms with van der Waals surface area (Å²) in [7, 11) is 0. The number of aromatic nitrogens is 6. The van der Waals surface area contributed by atoms with Gasteiger partial charge >= 0.3 is 29.6 Å². The van der Waals surface area contributed by atoms with E-state index in [-0.39, 0.29) is 80.0 Å². The second-order valence-electron chi connectivity index (χ2n) is 22.2. The molecule has 4 aliphatic rings. The molecule has 0 saturated carbocycles. The van der Waals surface area contributed by atoms with Crippen molar-refractivity contribution >= 4 is 98.1 Å². The third-order valence-electron chi connectivity index (χ3n) is 16.1. The third kappa shape index (κ3) is 10.1. The van der Waals surface area contributed by atoms with Crippen molar-refractivity contribution in [3.8, 4) is 0 Å². The molecule has 2 aromatic heterocycles. The smallest absolute Gasteiger partial charge is 0.870 e.